The first-order valence-electron chi connectivity index (χ1n) is 3.04. The molecule has 0 amide bonds. The highest BCUT2D eigenvalue weighted by atomic mass is 79.9. The molecule has 11 heavy (non-hydrogen) atoms. The fourth-order valence-electron chi connectivity index (χ4n) is 0.733. The van der Waals surface area contributed by atoms with E-state index < -0.39 is 0 Å². The smallest absolute Gasteiger partial charge is 0.175 e. The van der Waals surface area contributed by atoms with Gasteiger partial charge in [-0.15, -0.1) is 0 Å². The number of carbonyl (C=O) groups excluding carboxylic acids is 1. The van der Waals surface area contributed by atoms with E-state index in [9.17, 15) is 4.79 Å². The fraction of sp³-hybridized carbons (Fsp3) is 0.143. The van der Waals surface area contributed by atoms with Gasteiger partial charge >= 0.3 is 0 Å². The molecule has 0 spiro atoms. The Labute approximate surface area is 72.7 Å². The van der Waals surface area contributed by atoms with Gasteiger partial charge in [0.15, 0.2) is 5.78 Å². The van der Waals surface area contributed by atoms with Gasteiger partial charge < -0.3 is 5.73 Å². The number of rotatable bonds is 2. The molecule has 58 valence electrons. The van der Waals surface area contributed by atoms with Crippen molar-refractivity contribution in [1.29, 1.82) is 0 Å². The van der Waals surface area contributed by atoms with E-state index in [1.807, 2.05) is 0 Å². The van der Waals surface area contributed by atoms with Crippen molar-refractivity contribution in [2.45, 2.75) is 0 Å². The van der Waals surface area contributed by atoms with Gasteiger partial charge in [-0.25, -0.2) is 0 Å². The van der Waals surface area contributed by atoms with Crippen molar-refractivity contribution in [3.05, 3.63) is 24.0 Å². The highest BCUT2D eigenvalue weighted by molar-refractivity contribution is 9.09. The predicted octanol–water partition coefficient (Wildman–Crippen LogP) is 1.24. The molecule has 0 bridgehead atoms. The Kier molecular flexibility index (Phi) is 2.59. The van der Waals surface area contributed by atoms with E-state index in [0.717, 1.165) is 0 Å². The minimum absolute atomic E-state index is 0.0232. The normalized spacial score (nSPS) is 9.55. The van der Waals surface area contributed by atoms with Gasteiger partial charge in [-0.1, -0.05) is 15.9 Å². The summed E-state index contributed by atoms with van der Waals surface area (Å²) in [4.78, 5) is 14.8. The third-order valence-corrected chi connectivity index (χ3v) is 1.78. The van der Waals surface area contributed by atoms with Crippen LogP contribution < -0.4 is 5.73 Å². The molecular formula is C7H7BrN2O. The molecule has 1 heterocycles. The Morgan fingerprint density at radius 2 is 2.45 bits per heavy atom. The zero-order chi connectivity index (χ0) is 8.27. The van der Waals surface area contributed by atoms with E-state index in [-0.39, 0.29) is 5.78 Å². The molecule has 1 aromatic rings. The maximum absolute atomic E-state index is 11.1. The van der Waals surface area contributed by atoms with Gasteiger partial charge in [-0.2, -0.15) is 0 Å². The van der Waals surface area contributed by atoms with Crippen molar-refractivity contribution in [1.82, 2.24) is 4.98 Å². The monoisotopic (exact) mass is 214 g/mol. The van der Waals surface area contributed by atoms with Crippen LogP contribution in [-0.4, -0.2) is 16.1 Å². The first kappa shape index (κ1) is 8.20. The maximum atomic E-state index is 11.1. The summed E-state index contributed by atoms with van der Waals surface area (Å²) in [5, 5.41) is 0.293. The molecule has 4 heteroatoms. The Balaban J connectivity index is 3.03. The quantitative estimate of drug-likeness (QED) is 0.596. The fourth-order valence-corrected chi connectivity index (χ4v) is 1.03. The molecule has 1 rings (SSSR count). The Hall–Kier alpha value is -0.900. The Bertz CT molecular complexity index is 275. The molecule has 3 nitrogen and oxygen atoms in total. The van der Waals surface area contributed by atoms with E-state index in [4.69, 9.17) is 5.73 Å². The van der Waals surface area contributed by atoms with Crippen LogP contribution >= 0.6 is 15.9 Å². The molecule has 0 radical (unpaired) electrons. The molecular weight excluding hydrogens is 208 g/mol. The number of Topliss-reactive ketones (excluding diaryl/α,β-unsaturated/α-hetero) is 1. The number of hydrogen-bond acceptors (Lipinski definition) is 3. The third-order valence-electron chi connectivity index (χ3n) is 1.27. The number of alkyl halides is 1. The third kappa shape index (κ3) is 1.77. The molecule has 0 saturated heterocycles. The second-order valence-corrected chi connectivity index (χ2v) is 2.58. The number of aromatic nitrogens is 1. The lowest BCUT2D eigenvalue weighted by Gasteiger charge is -1.99. The number of pyridine rings is 1. The van der Waals surface area contributed by atoms with E-state index >= 15 is 0 Å². The average Bonchev–Trinajstić information content (AvgIpc) is 2.04. The maximum Gasteiger partial charge on any atom is 0.175 e. The molecule has 0 atom stereocenters. The number of nitrogen functional groups attached to an aromatic ring is 1. The van der Waals surface area contributed by atoms with E-state index in [1.165, 1.54) is 6.20 Å². The summed E-state index contributed by atoms with van der Waals surface area (Å²) in [6, 6.07) is 1.61. The lowest BCUT2D eigenvalue weighted by molar-refractivity contribution is 0.102. The van der Waals surface area contributed by atoms with Crippen molar-refractivity contribution < 1.29 is 4.79 Å². The van der Waals surface area contributed by atoms with Gasteiger partial charge in [0.25, 0.3) is 0 Å². The van der Waals surface area contributed by atoms with Crippen LogP contribution in [0.1, 0.15) is 10.4 Å². The molecule has 0 aliphatic carbocycles. The molecule has 0 aliphatic rings. The van der Waals surface area contributed by atoms with Gasteiger partial charge in [0.2, 0.25) is 0 Å². The van der Waals surface area contributed by atoms with E-state index in [2.05, 4.69) is 20.9 Å². The SMILES string of the molecule is Nc1cnccc1C(=O)CBr. The lowest BCUT2D eigenvalue weighted by atomic mass is 10.2. The number of hydrogen-bond donors (Lipinski definition) is 1. The number of nitrogens with zero attached hydrogens (tertiary/aromatic N) is 1. The second-order valence-electron chi connectivity index (χ2n) is 2.02. The average molecular weight is 215 g/mol. The van der Waals surface area contributed by atoms with Crippen molar-refractivity contribution in [2.24, 2.45) is 0 Å². The van der Waals surface area contributed by atoms with Gasteiger partial charge in [-0.05, 0) is 6.07 Å². The number of anilines is 1. The summed E-state index contributed by atoms with van der Waals surface area (Å²) in [6.45, 7) is 0. The van der Waals surface area contributed by atoms with Crippen LogP contribution in [0.2, 0.25) is 0 Å². The predicted molar refractivity (Wildman–Crippen MR) is 46.8 cm³/mol. The van der Waals surface area contributed by atoms with Crippen LogP contribution in [0, 0.1) is 0 Å². The molecule has 0 fully saturated rings. The van der Waals surface area contributed by atoms with Crippen LogP contribution in [0.5, 0.6) is 0 Å². The summed E-state index contributed by atoms with van der Waals surface area (Å²) in [5.74, 6) is -0.0232. The molecule has 0 aliphatic heterocycles. The number of ketones is 1. The van der Waals surface area contributed by atoms with Crippen LogP contribution in [0.4, 0.5) is 5.69 Å². The number of carbonyl (C=O) groups is 1. The molecule has 0 unspecified atom stereocenters. The topological polar surface area (TPSA) is 56.0 Å². The van der Waals surface area contributed by atoms with Crippen molar-refractivity contribution in [2.75, 3.05) is 11.1 Å². The lowest BCUT2D eigenvalue weighted by Crippen LogP contribution is -2.04. The minimum atomic E-state index is -0.0232. The largest absolute Gasteiger partial charge is 0.397 e. The van der Waals surface area contributed by atoms with Crippen molar-refractivity contribution in [3.63, 3.8) is 0 Å². The first-order valence-corrected chi connectivity index (χ1v) is 4.16. The van der Waals surface area contributed by atoms with E-state index in [1.54, 1.807) is 12.3 Å². The molecule has 2 N–H and O–H groups in total. The van der Waals surface area contributed by atoms with Gasteiger partial charge in [0.05, 0.1) is 17.2 Å². The minimum Gasteiger partial charge on any atom is -0.397 e. The highest BCUT2D eigenvalue weighted by Crippen LogP contribution is 2.09. The van der Waals surface area contributed by atoms with Gasteiger partial charge in [0, 0.05) is 11.8 Å². The standard InChI is InChI=1S/C7H7BrN2O/c8-3-7(11)5-1-2-10-4-6(5)9/h1-2,4H,3,9H2. The second kappa shape index (κ2) is 3.48. The zero-order valence-corrected chi connectivity index (χ0v) is 7.34. The van der Waals surface area contributed by atoms with Crippen molar-refractivity contribution >= 4 is 27.4 Å². The number of halogens is 1. The summed E-state index contributed by atoms with van der Waals surface area (Å²) in [5.41, 5.74) is 6.45. The van der Waals surface area contributed by atoms with Crippen LogP contribution in [0.15, 0.2) is 18.5 Å². The zero-order valence-electron chi connectivity index (χ0n) is 5.75. The van der Waals surface area contributed by atoms with Crippen LogP contribution in [-0.2, 0) is 0 Å². The van der Waals surface area contributed by atoms with E-state index in [0.29, 0.717) is 16.6 Å². The summed E-state index contributed by atoms with van der Waals surface area (Å²) in [6.07, 6.45) is 3.02. The highest BCUT2D eigenvalue weighted by Gasteiger charge is 2.06. The summed E-state index contributed by atoms with van der Waals surface area (Å²) < 4.78 is 0. The Morgan fingerprint density at radius 3 is 3.00 bits per heavy atom. The summed E-state index contributed by atoms with van der Waals surface area (Å²) in [7, 11) is 0. The van der Waals surface area contributed by atoms with Crippen LogP contribution in [0.3, 0.4) is 0 Å². The van der Waals surface area contributed by atoms with Crippen molar-refractivity contribution in [3.8, 4) is 0 Å². The summed E-state index contributed by atoms with van der Waals surface area (Å²) >= 11 is 3.06. The van der Waals surface area contributed by atoms with Gasteiger partial charge in [0.1, 0.15) is 0 Å². The number of nitrogens with two attached hydrogens (primary N) is 1. The molecule has 1 aromatic heterocycles. The van der Waals surface area contributed by atoms with Gasteiger partial charge in [-0.3, -0.25) is 9.78 Å². The first-order chi connectivity index (χ1) is 5.25. The molecule has 0 aromatic carbocycles. The Morgan fingerprint density at radius 1 is 1.73 bits per heavy atom. The molecule has 0 saturated carbocycles. The van der Waals surface area contributed by atoms with Crippen LogP contribution in [0.25, 0.3) is 0 Å².